The lowest BCUT2D eigenvalue weighted by Gasteiger charge is -2.23. The fraction of sp³-hybridized carbons (Fsp3) is 0.350. The molecule has 0 N–H and O–H groups in total. The lowest BCUT2D eigenvalue weighted by atomic mass is 9.86. The van der Waals surface area contributed by atoms with E-state index in [4.69, 9.17) is 9.47 Å². The zero-order valence-corrected chi connectivity index (χ0v) is 14.5. The predicted molar refractivity (Wildman–Crippen MR) is 92.6 cm³/mol. The summed E-state index contributed by atoms with van der Waals surface area (Å²) in [6.07, 6.45) is 0.830. The monoisotopic (exact) mass is 312 g/mol. The highest BCUT2D eigenvalue weighted by molar-refractivity contribution is 5.75. The van der Waals surface area contributed by atoms with Crippen LogP contribution >= 0.6 is 0 Å². The summed E-state index contributed by atoms with van der Waals surface area (Å²) in [6.45, 7) is 8.90. The van der Waals surface area contributed by atoms with Crippen LogP contribution < -0.4 is 9.47 Å². The molecule has 0 amide bonds. The van der Waals surface area contributed by atoms with E-state index in [2.05, 4.69) is 39.0 Å². The summed E-state index contributed by atoms with van der Waals surface area (Å²) < 4.78 is 11.4. The number of carbonyl (C=O) groups excluding carboxylic acids is 1. The highest BCUT2D eigenvalue weighted by Gasteiger charge is 2.19. The number of aryl methyl sites for hydroxylation is 1. The maximum Gasteiger partial charge on any atom is 0.150 e. The van der Waals surface area contributed by atoms with Gasteiger partial charge in [-0.2, -0.15) is 0 Å². The summed E-state index contributed by atoms with van der Waals surface area (Å²) in [6, 6.07) is 11.6. The van der Waals surface area contributed by atoms with Crippen molar-refractivity contribution in [3.8, 4) is 11.5 Å². The fourth-order valence-corrected chi connectivity index (χ4v) is 2.51. The predicted octanol–water partition coefficient (Wildman–Crippen LogP) is 4.69. The molecule has 2 aromatic rings. The number of methoxy groups -OCH3 is 1. The van der Waals surface area contributed by atoms with E-state index in [9.17, 15) is 4.79 Å². The molecule has 0 saturated carbocycles. The van der Waals surface area contributed by atoms with Gasteiger partial charge in [0.05, 0.1) is 7.11 Å². The average Bonchev–Trinajstić information content (AvgIpc) is 2.51. The molecule has 23 heavy (non-hydrogen) atoms. The Bertz CT molecular complexity index is 697. The summed E-state index contributed by atoms with van der Waals surface area (Å²) in [5.74, 6) is 1.59. The minimum atomic E-state index is -0.00222. The van der Waals surface area contributed by atoms with Gasteiger partial charge >= 0.3 is 0 Å². The Kier molecular flexibility index (Phi) is 5.09. The van der Waals surface area contributed by atoms with Crippen molar-refractivity contribution in [1.29, 1.82) is 0 Å². The van der Waals surface area contributed by atoms with Gasteiger partial charge in [0.15, 0.2) is 0 Å². The Morgan fingerprint density at radius 3 is 2.39 bits per heavy atom. The molecule has 0 saturated heterocycles. The fourth-order valence-electron chi connectivity index (χ4n) is 2.51. The van der Waals surface area contributed by atoms with Crippen molar-refractivity contribution < 1.29 is 14.3 Å². The number of hydrogen-bond donors (Lipinski definition) is 0. The molecule has 0 aliphatic carbocycles. The number of rotatable bonds is 5. The molecular formula is C20H24O3. The van der Waals surface area contributed by atoms with Gasteiger partial charge < -0.3 is 9.47 Å². The van der Waals surface area contributed by atoms with E-state index in [-0.39, 0.29) is 5.41 Å². The van der Waals surface area contributed by atoms with Gasteiger partial charge in [-0.1, -0.05) is 32.9 Å². The summed E-state index contributed by atoms with van der Waals surface area (Å²) in [7, 11) is 1.62. The van der Waals surface area contributed by atoms with E-state index in [1.807, 2.05) is 6.92 Å². The van der Waals surface area contributed by atoms with E-state index < -0.39 is 0 Å². The van der Waals surface area contributed by atoms with Gasteiger partial charge in [-0.3, -0.25) is 4.79 Å². The zero-order valence-electron chi connectivity index (χ0n) is 14.5. The normalized spacial score (nSPS) is 11.2. The Morgan fingerprint density at radius 1 is 1.04 bits per heavy atom. The molecule has 2 aromatic carbocycles. The Labute approximate surface area is 138 Å². The van der Waals surface area contributed by atoms with Crippen LogP contribution in [-0.2, 0) is 12.0 Å². The molecule has 0 aliphatic rings. The lowest BCUT2D eigenvalue weighted by Crippen LogP contribution is -2.13. The number of ether oxygens (including phenoxy) is 2. The minimum Gasteiger partial charge on any atom is -0.496 e. The molecule has 2 rings (SSSR count). The first-order valence-corrected chi connectivity index (χ1v) is 7.71. The maximum absolute atomic E-state index is 11.0. The van der Waals surface area contributed by atoms with E-state index in [1.165, 1.54) is 0 Å². The van der Waals surface area contributed by atoms with Crippen LogP contribution in [0.5, 0.6) is 11.5 Å². The van der Waals surface area contributed by atoms with Gasteiger partial charge in [-0.05, 0) is 47.7 Å². The minimum absolute atomic E-state index is 0.00222. The molecule has 0 spiro atoms. The zero-order chi connectivity index (χ0) is 17.0. The molecule has 122 valence electrons. The van der Waals surface area contributed by atoms with Crippen molar-refractivity contribution in [2.45, 2.75) is 39.7 Å². The van der Waals surface area contributed by atoms with Gasteiger partial charge in [0.25, 0.3) is 0 Å². The van der Waals surface area contributed by atoms with Crippen molar-refractivity contribution in [1.82, 2.24) is 0 Å². The van der Waals surface area contributed by atoms with E-state index in [0.29, 0.717) is 12.2 Å². The van der Waals surface area contributed by atoms with Gasteiger partial charge in [-0.15, -0.1) is 0 Å². The summed E-state index contributed by atoms with van der Waals surface area (Å²) in [4.78, 5) is 11.0. The van der Waals surface area contributed by atoms with Crippen LogP contribution in [0.1, 0.15) is 47.8 Å². The van der Waals surface area contributed by atoms with Crippen LogP contribution in [0.4, 0.5) is 0 Å². The van der Waals surface area contributed by atoms with Crippen molar-refractivity contribution in [2.75, 3.05) is 7.11 Å². The lowest BCUT2D eigenvalue weighted by molar-refractivity contribution is 0.112. The Hall–Kier alpha value is -2.29. The maximum atomic E-state index is 11.0. The highest BCUT2D eigenvalue weighted by Crippen LogP contribution is 2.33. The first-order chi connectivity index (χ1) is 10.8. The van der Waals surface area contributed by atoms with Crippen molar-refractivity contribution >= 4 is 6.29 Å². The SMILES string of the molecule is COc1ccc(C=O)cc1COc1cc(C)ccc1C(C)(C)C. The van der Waals surface area contributed by atoms with Crippen molar-refractivity contribution in [3.05, 3.63) is 58.7 Å². The molecule has 0 heterocycles. The molecule has 0 radical (unpaired) electrons. The van der Waals surface area contributed by atoms with Gasteiger partial charge in [0, 0.05) is 11.1 Å². The third-order valence-corrected chi connectivity index (χ3v) is 3.77. The van der Waals surface area contributed by atoms with Crippen LogP contribution in [0, 0.1) is 6.92 Å². The topological polar surface area (TPSA) is 35.5 Å². The molecule has 0 fully saturated rings. The molecule has 3 heteroatoms. The third-order valence-electron chi connectivity index (χ3n) is 3.77. The van der Waals surface area contributed by atoms with Crippen LogP contribution in [-0.4, -0.2) is 13.4 Å². The molecule has 0 unspecified atom stereocenters. The van der Waals surface area contributed by atoms with Gasteiger partial charge in [0.2, 0.25) is 0 Å². The molecule has 0 aromatic heterocycles. The summed E-state index contributed by atoms with van der Waals surface area (Å²) in [5, 5.41) is 0. The molecule has 0 aliphatic heterocycles. The third kappa shape index (κ3) is 4.13. The van der Waals surface area contributed by atoms with Crippen molar-refractivity contribution in [3.63, 3.8) is 0 Å². The molecule has 0 atom stereocenters. The second-order valence-electron chi connectivity index (χ2n) is 6.73. The number of aldehydes is 1. The molecule has 0 bridgehead atoms. The first-order valence-electron chi connectivity index (χ1n) is 7.71. The van der Waals surface area contributed by atoms with E-state index >= 15 is 0 Å². The van der Waals surface area contributed by atoms with Gasteiger partial charge in [-0.25, -0.2) is 0 Å². The molecule has 3 nitrogen and oxygen atoms in total. The number of carbonyl (C=O) groups is 1. The van der Waals surface area contributed by atoms with Gasteiger partial charge in [0.1, 0.15) is 24.4 Å². The van der Waals surface area contributed by atoms with E-state index in [1.54, 1.807) is 25.3 Å². The number of benzene rings is 2. The summed E-state index contributed by atoms with van der Waals surface area (Å²) in [5.41, 5.74) is 3.79. The first kappa shape index (κ1) is 17.1. The molecular weight excluding hydrogens is 288 g/mol. The Balaban J connectivity index is 2.31. The number of hydrogen-bond acceptors (Lipinski definition) is 3. The standard InChI is InChI=1S/C20H24O3/c1-14-6-8-17(20(2,3)4)19(10-14)23-13-16-11-15(12-21)7-9-18(16)22-5/h6-12H,13H2,1-5H3. The second kappa shape index (κ2) is 6.86. The van der Waals surface area contributed by atoms with Crippen molar-refractivity contribution in [2.24, 2.45) is 0 Å². The average molecular weight is 312 g/mol. The van der Waals surface area contributed by atoms with Crippen LogP contribution in [0.3, 0.4) is 0 Å². The Morgan fingerprint density at radius 2 is 1.78 bits per heavy atom. The largest absolute Gasteiger partial charge is 0.496 e. The smallest absolute Gasteiger partial charge is 0.150 e. The second-order valence-corrected chi connectivity index (χ2v) is 6.73. The van der Waals surface area contributed by atoms with Crippen LogP contribution in [0.25, 0.3) is 0 Å². The van der Waals surface area contributed by atoms with Crippen LogP contribution in [0.2, 0.25) is 0 Å². The van der Waals surface area contributed by atoms with Crippen LogP contribution in [0.15, 0.2) is 36.4 Å². The van der Waals surface area contributed by atoms with E-state index in [0.717, 1.165) is 34.5 Å². The summed E-state index contributed by atoms with van der Waals surface area (Å²) >= 11 is 0. The quantitative estimate of drug-likeness (QED) is 0.751. The highest BCUT2D eigenvalue weighted by atomic mass is 16.5.